The van der Waals surface area contributed by atoms with E-state index in [1.165, 1.54) is 225 Å². The van der Waals surface area contributed by atoms with Crippen LogP contribution >= 0.6 is 7.82 Å². The molecule has 0 rings (SSSR count). The molecule has 0 aromatic heterocycles. The molecule has 2 N–H and O–H groups in total. The molecule has 0 heterocycles. The second kappa shape index (κ2) is 58.6. The number of carbonyl (C=O) groups excluding carboxylic acids is 1. The fraction of sp³-hybridized carbons (Fsp3) is 0.809. The quantitative estimate of drug-likeness (QED) is 0.0272. The zero-order chi connectivity index (χ0) is 56.3. The van der Waals surface area contributed by atoms with Crippen molar-refractivity contribution in [3.05, 3.63) is 72.9 Å². The van der Waals surface area contributed by atoms with Crippen molar-refractivity contribution >= 4 is 13.7 Å². The molecular formula is C68H127N2O6P. The highest BCUT2D eigenvalue weighted by Crippen LogP contribution is 2.38. The number of phosphoric acid groups is 1. The Bertz CT molecular complexity index is 1480. The van der Waals surface area contributed by atoms with Crippen molar-refractivity contribution in [2.45, 2.75) is 315 Å². The summed E-state index contributed by atoms with van der Waals surface area (Å²) in [5.41, 5.74) is 0. The van der Waals surface area contributed by atoms with Gasteiger partial charge in [-0.2, -0.15) is 0 Å². The SMILES string of the molecule is CCCCCCC/C=C\C/C=C\C/C=C\CCCCCCCCCCCCCCCCC(=O)NC(COP(=O)([O-])OCC[N+](C)(C)C)C(O)/C=C/CC/C=C/CC/C=C/CCCCCCCCCCCCCCCCCC. The second-order valence-electron chi connectivity index (χ2n) is 23.4. The molecule has 450 valence electrons. The number of phosphoric ester groups is 1. The first-order chi connectivity index (χ1) is 37.5. The molecular weight excluding hydrogens is 972 g/mol. The summed E-state index contributed by atoms with van der Waals surface area (Å²) in [6, 6.07) is -0.915. The van der Waals surface area contributed by atoms with Crippen molar-refractivity contribution < 1.29 is 32.9 Å². The highest BCUT2D eigenvalue weighted by atomic mass is 31.2. The maximum absolute atomic E-state index is 13.0. The van der Waals surface area contributed by atoms with E-state index in [2.05, 4.69) is 79.9 Å². The average Bonchev–Trinajstić information content (AvgIpc) is 3.39. The van der Waals surface area contributed by atoms with Crippen LogP contribution in [-0.4, -0.2) is 68.5 Å². The monoisotopic (exact) mass is 1100 g/mol. The molecule has 0 aromatic carbocycles. The number of quaternary nitrogens is 1. The second-order valence-corrected chi connectivity index (χ2v) is 24.9. The first kappa shape index (κ1) is 74.9. The Hall–Kier alpha value is -2.06. The number of hydrogen-bond acceptors (Lipinski definition) is 6. The molecule has 0 aliphatic rings. The van der Waals surface area contributed by atoms with E-state index < -0.39 is 26.6 Å². The fourth-order valence-corrected chi connectivity index (χ4v) is 10.2. The predicted molar refractivity (Wildman–Crippen MR) is 334 cm³/mol. The largest absolute Gasteiger partial charge is 0.756 e. The summed E-state index contributed by atoms with van der Waals surface area (Å²) in [4.78, 5) is 25.6. The zero-order valence-corrected chi connectivity index (χ0v) is 52.3. The van der Waals surface area contributed by atoms with E-state index >= 15 is 0 Å². The lowest BCUT2D eigenvalue weighted by molar-refractivity contribution is -0.870. The van der Waals surface area contributed by atoms with Crippen LogP contribution in [0.2, 0.25) is 0 Å². The van der Waals surface area contributed by atoms with Crippen LogP contribution in [0.15, 0.2) is 72.9 Å². The van der Waals surface area contributed by atoms with E-state index in [1.54, 1.807) is 6.08 Å². The lowest BCUT2D eigenvalue weighted by Gasteiger charge is -2.29. The number of nitrogens with zero attached hydrogens (tertiary/aromatic N) is 1. The summed E-state index contributed by atoms with van der Waals surface area (Å²) in [6.07, 6.45) is 81.5. The molecule has 9 heteroatoms. The molecule has 0 spiro atoms. The third-order valence-electron chi connectivity index (χ3n) is 14.6. The molecule has 0 radical (unpaired) electrons. The standard InChI is InChI=1S/C68H127N2O6P/c1-6-8-10-12-14-16-18-20-22-24-26-28-30-32-34-35-36-38-40-42-44-46-48-50-52-54-56-58-60-62-68(72)69-66(65-76-77(73,74)75-64-63-70(3,4)5)67(71)61-59-57-55-53-51-49-47-45-43-41-39-37-33-31-29-27-25-23-21-19-17-15-13-11-9-7-2/h18,20,24,26,30,32,43,45,51,53,59,61,66-67,71H,6-17,19,21-23,25,27-29,31,33-42,44,46-50,52,54-58,60,62-65H2,1-5H3,(H-,69,72,73,74)/b20-18-,26-24-,32-30-,45-43+,53-51+,61-59+. The summed E-state index contributed by atoms with van der Waals surface area (Å²) in [5.74, 6) is -0.211. The summed E-state index contributed by atoms with van der Waals surface area (Å²) in [7, 11) is 1.24. The van der Waals surface area contributed by atoms with E-state index in [0.717, 1.165) is 57.8 Å². The summed E-state index contributed by atoms with van der Waals surface area (Å²) in [5, 5.41) is 13.9. The topological polar surface area (TPSA) is 108 Å². The van der Waals surface area contributed by atoms with Crippen molar-refractivity contribution in [3.8, 4) is 0 Å². The molecule has 0 aromatic rings. The van der Waals surface area contributed by atoms with Gasteiger partial charge in [0.2, 0.25) is 5.91 Å². The number of carbonyl (C=O) groups is 1. The van der Waals surface area contributed by atoms with Gasteiger partial charge < -0.3 is 28.8 Å². The third-order valence-corrected chi connectivity index (χ3v) is 15.6. The average molecular weight is 1100 g/mol. The van der Waals surface area contributed by atoms with E-state index in [1.807, 2.05) is 27.2 Å². The molecule has 0 fully saturated rings. The molecule has 3 unspecified atom stereocenters. The van der Waals surface area contributed by atoms with Crippen LogP contribution in [0.4, 0.5) is 0 Å². The Kier molecular flexibility index (Phi) is 57.0. The molecule has 8 nitrogen and oxygen atoms in total. The Morgan fingerprint density at radius 3 is 1.14 bits per heavy atom. The van der Waals surface area contributed by atoms with Gasteiger partial charge in [-0.1, -0.05) is 286 Å². The molecule has 0 aliphatic carbocycles. The van der Waals surface area contributed by atoms with Crippen molar-refractivity contribution in [2.75, 3.05) is 40.9 Å². The van der Waals surface area contributed by atoms with E-state index in [-0.39, 0.29) is 12.5 Å². The molecule has 0 aliphatic heterocycles. The van der Waals surface area contributed by atoms with Gasteiger partial charge in [0.25, 0.3) is 7.82 Å². The van der Waals surface area contributed by atoms with Gasteiger partial charge in [0.15, 0.2) is 0 Å². The molecule has 0 saturated carbocycles. The molecule has 0 saturated heterocycles. The summed E-state index contributed by atoms with van der Waals surface area (Å²) in [6.45, 7) is 4.64. The maximum Gasteiger partial charge on any atom is 0.268 e. The Balaban J connectivity index is 4.19. The van der Waals surface area contributed by atoms with Gasteiger partial charge in [-0.3, -0.25) is 9.36 Å². The van der Waals surface area contributed by atoms with Crippen molar-refractivity contribution in [2.24, 2.45) is 0 Å². The van der Waals surface area contributed by atoms with Crippen molar-refractivity contribution in [3.63, 3.8) is 0 Å². The third kappa shape index (κ3) is 61.4. The van der Waals surface area contributed by atoms with Gasteiger partial charge in [0.05, 0.1) is 39.9 Å². The fourth-order valence-electron chi connectivity index (χ4n) is 9.49. The van der Waals surface area contributed by atoms with Crippen LogP contribution in [0.5, 0.6) is 0 Å². The number of likely N-dealkylation sites (N-methyl/N-ethyl adjacent to an activating group) is 1. The zero-order valence-electron chi connectivity index (χ0n) is 51.4. The molecule has 77 heavy (non-hydrogen) atoms. The van der Waals surface area contributed by atoms with Crippen molar-refractivity contribution in [1.82, 2.24) is 5.32 Å². The normalized spacial score (nSPS) is 14.2. The highest BCUT2D eigenvalue weighted by molar-refractivity contribution is 7.45. The van der Waals surface area contributed by atoms with Crippen LogP contribution in [0.1, 0.15) is 303 Å². The minimum Gasteiger partial charge on any atom is -0.756 e. The van der Waals surface area contributed by atoms with Gasteiger partial charge in [-0.25, -0.2) is 0 Å². The van der Waals surface area contributed by atoms with Crippen LogP contribution in [-0.2, 0) is 18.4 Å². The molecule has 0 bridgehead atoms. The number of hydrogen-bond donors (Lipinski definition) is 2. The van der Waals surface area contributed by atoms with E-state index in [9.17, 15) is 19.4 Å². The number of rotatable bonds is 60. The van der Waals surface area contributed by atoms with Crippen LogP contribution in [0.3, 0.4) is 0 Å². The van der Waals surface area contributed by atoms with Gasteiger partial charge in [0.1, 0.15) is 13.2 Å². The molecule has 3 atom stereocenters. The maximum atomic E-state index is 13.0. The lowest BCUT2D eigenvalue weighted by Crippen LogP contribution is -2.45. The number of amides is 1. The first-order valence-corrected chi connectivity index (χ1v) is 34.3. The van der Waals surface area contributed by atoms with Crippen LogP contribution in [0.25, 0.3) is 0 Å². The predicted octanol–water partition coefficient (Wildman–Crippen LogP) is 20.0. The number of aliphatic hydroxyl groups is 1. The van der Waals surface area contributed by atoms with Crippen molar-refractivity contribution in [1.29, 1.82) is 0 Å². The Labute approximate surface area is 478 Å². The highest BCUT2D eigenvalue weighted by Gasteiger charge is 2.23. The lowest BCUT2D eigenvalue weighted by atomic mass is 10.0. The molecule has 1 amide bonds. The van der Waals surface area contributed by atoms with E-state index in [4.69, 9.17) is 9.05 Å². The minimum absolute atomic E-state index is 0.0109. The summed E-state index contributed by atoms with van der Waals surface area (Å²) >= 11 is 0. The van der Waals surface area contributed by atoms with Crippen LogP contribution < -0.4 is 10.2 Å². The minimum atomic E-state index is -4.62. The summed E-state index contributed by atoms with van der Waals surface area (Å²) < 4.78 is 23.4. The van der Waals surface area contributed by atoms with Gasteiger partial charge in [-0.15, -0.1) is 0 Å². The van der Waals surface area contributed by atoms with E-state index in [0.29, 0.717) is 17.4 Å². The van der Waals surface area contributed by atoms with Gasteiger partial charge in [0, 0.05) is 6.42 Å². The Morgan fingerprint density at radius 1 is 0.455 bits per heavy atom. The number of nitrogens with one attached hydrogen (secondary N) is 1. The number of aliphatic hydroxyl groups excluding tert-OH is 1. The van der Waals surface area contributed by atoms with Gasteiger partial charge >= 0.3 is 0 Å². The smallest absolute Gasteiger partial charge is 0.268 e. The Morgan fingerprint density at radius 2 is 0.766 bits per heavy atom. The van der Waals surface area contributed by atoms with Crippen LogP contribution in [0, 0.1) is 0 Å². The number of unbranched alkanes of at least 4 members (excludes halogenated alkanes) is 37. The van der Waals surface area contributed by atoms with Gasteiger partial charge in [-0.05, 0) is 83.5 Å². The first-order valence-electron chi connectivity index (χ1n) is 32.8. The number of allylic oxidation sites excluding steroid dienone is 11.